The number of morpholine rings is 1. The minimum absolute atomic E-state index is 0.0660. The first kappa shape index (κ1) is 14.3. The number of rotatable bonds is 6. The van der Waals surface area contributed by atoms with Crippen LogP contribution in [0.5, 0.6) is 0 Å². The molecule has 19 heavy (non-hydrogen) atoms. The summed E-state index contributed by atoms with van der Waals surface area (Å²) in [6, 6.07) is 0. The second-order valence-electron chi connectivity index (χ2n) is 4.61. The second-order valence-corrected chi connectivity index (χ2v) is 5.62. The summed E-state index contributed by atoms with van der Waals surface area (Å²) in [6.45, 7) is 5.44. The molecule has 1 aromatic rings. The predicted octanol–water partition coefficient (Wildman–Crippen LogP) is 2.50. The number of amides is 1. The Bertz CT molecular complexity index is 402. The minimum atomic E-state index is 0.0660. The highest BCUT2D eigenvalue weighted by Crippen LogP contribution is 2.27. The van der Waals surface area contributed by atoms with Crippen molar-refractivity contribution in [3.8, 4) is 0 Å². The van der Waals surface area contributed by atoms with E-state index in [4.69, 9.17) is 4.74 Å². The second kappa shape index (κ2) is 7.45. The van der Waals surface area contributed by atoms with E-state index >= 15 is 0 Å². The highest BCUT2D eigenvalue weighted by Gasteiger charge is 2.14. The lowest BCUT2D eigenvalue weighted by molar-refractivity contribution is -0.116. The molecule has 106 valence electrons. The maximum Gasteiger partial charge on any atom is 0.226 e. The third-order valence-corrected chi connectivity index (χ3v) is 4.04. The van der Waals surface area contributed by atoms with E-state index < -0.39 is 0 Å². The molecule has 1 saturated heterocycles. The van der Waals surface area contributed by atoms with Gasteiger partial charge in [-0.3, -0.25) is 4.79 Å². The molecule has 5 nitrogen and oxygen atoms in total. The molecule has 1 aliphatic rings. The van der Waals surface area contributed by atoms with E-state index in [0.29, 0.717) is 11.6 Å². The Morgan fingerprint density at radius 1 is 1.47 bits per heavy atom. The molecule has 2 rings (SSSR count). The van der Waals surface area contributed by atoms with E-state index in [1.54, 1.807) is 0 Å². The van der Waals surface area contributed by atoms with Gasteiger partial charge in [-0.15, -0.1) is 0 Å². The molecule has 0 saturated carbocycles. The molecule has 0 spiro atoms. The van der Waals surface area contributed by atoms with Gasteiger partial charge in [0.25, 0.3) is 0 Å². The molecule has 6 heteroatoms. The van der Waals surface area contributed by atoms with Crippen LogP contribution in [0.1, 0.15) is 32.6 Å². The van der Waals surface area contributed by atoms with Gasteiger partial charge in [0.2, 0.25) is 5.91 Å². The van der Waals surface area contributed by atoms with Crippen LogP contribution in [-0.4, -0.2) is 37.2 Å². The number of nitrogens with zero attached hydrogens (tertiary/aromatic N) is 2. The molecular weight excluding hydrogens is 262 g/mol. The Morgan fingerprint density at radius 3 is 3.00 bits per heavy atom. The first-order valence-electron chi connectivity index (χ1n) is 6.88. The van der Waals surface area contributed by atoms with Gasteiger partial charge in [0.1, 0.15) is 5.00 Å². The van der Waals surface area contributed by atoms with E-state index in [9.17, 15) is 4.79 Å². The Morgan fingerprint density at radius 2 is 2.26 bits per heavy atom. The van der Waals surface area contributed by atoms with E-state index in [1.807, 2.05) is 6.20 Å². The van der Waals surface area contributed by atoms with Gasteiger partial charge < -0.3 is 15.0 Å². The van der Waals surface area contributed by atoms with Gasteiger partial charge in [0.05, 0.1) is 19.4 Å². The van der Waals surface area contributed by atoms with Crippen molar-refractivity contribution in [1.29, 1.82) is 0 Å². The van der Waals surface area contributed by atoms with Crippen LogP contribution in [0.2, 0.25) is 0 Å². The lowest BCUT2D eigenvalue weighted by atomic mass is 10.2. The van der Waals surface area contributed by atoms with Crippen LogP contribution in [0, 0.1) is 0 Å². The molecule has 1 fully saturated rings. The van der Waals surface area contributed by atoms with Crippen LogP contribution >= 0.6 is 11.3 Å². The lowest BCUT2D eigenvalue weighted by Gasteiger charge is -2.26. The van der Waals surface area contributed by atoms with Gasteiger partial charge in [-0.05, 0) is 6.42 Å². The zero-order valence-electron chi connectivity index (χ0n) is 11.4. The van der Waals surface area contributed by atoms with E-state index in [-0.39, 0.29) is 5.91 Å². The minimum Gasteiger partial charge on any atom is -0.378 e. The Kier molecular flexibility index (Phi) is 5.60. The normalized spacial score (nSPS) is 15.5. The fourth-order valence-electron chi connectivity index (χ4n) is 1.97. The number of anilines is 2. The van der Waals surface area contributed by atoms with Crippen molar-refractivity contribution >= 4 is 27.4 Å². The number of aromatic nitrogens is 1. The molecule has 1 aromatic heterocycles. The van der Waals surface area contributed by atoms with Gasteiger partial charge in [0, 0.05) is 19.5 Å². The Balaban J connectivity index is 1.81. The van der Waals surface area contributed by atoms with E-state index in [2.05, 4.69) is 22.1 Å². The van der Waals surface area contributed by atoms with Crippen molar-refractivity contribution in [3.05, 3.63) is 6.20 Å². The largest absolute Gasteiger partial charge is 0.378 e. The topological polar surface area (TPSA) is 54.5 Å². The molecule has 2 heterocycles. The van der Waals surface area contributed by atoms with Crippen LogP contribution in [0.15, 0.2) is 6.20 Å². The number of hydrogen-bond donors (Lipinski definition) is 1. The number of carbonyl (C=O) groups excluding carboxylic acids is 1. The number of unbranched alkanes of at least 4 members (excludes halogenated alkanes) is 2. The maximum atomic E-state index is 11.7. The average Bonchev–Trinajstić information content (AvgIpc) is 2.88. The summed E-state index contributed by atoms with van der Waals surface area (Å²) in [4.78, 5) is 18.2. The fraction of sp³-hybridized carbons (Fsp3) is 0.692. The first-order chi connectivity index (χ1) is 9.29. The molecule has 0 radical (unpaired) electrons. The molecule has 0 unspecified atom stereocenters. The summed E-state index contributed by atoms with van der Waals surface area (Å²) in [5, 5.41) is 4.67. The van der Waals surface area contributed by atoms with Gasteiger partial charge >= 0.3 is 0 Å². The molecule has 0 bridgehead atoms. The van der Waals surface area contributed by atoms with E-state index in [1.165, 1.54) is 11.3 Å². The van der Waals surface area contributed by atoms with Gasteiger partial charge in [-0.25, -0.2) is 4.98 Å². The summed E-state index contributed by atoms with van der Waals surface area (Å²) < 4.78 is 5.32. The predicted molar refractivity (Wildman–Crippen MR) is 77.9 cm³/mol. The fourth-order valence-corrected chi connectivity index (χ4v) is 2.86. The van der Waals surface area contributed by atoms with Crippen LogP contribution in [-0.2, 0) is 9.53 Å². The van der Waals surface area contributed by atoms with Crippen molar-refractivity contribution in [1.82, 2.24) is 4.98 Å². The molecule has 1 N–H and O–H groups in total. The molecule has 0 aliphatic carbocycles. The van der Waals surface area contributed by atoms with Crippen molar-refractivity contribution in [2.45, 2.75) is 32.6 Å². The first-order valence-corrected chi connectivity index (χ1v) is 7.69. The van der Waals surface area contributed by atoms with Gasteiger partial charge in [-0.1, -0.05) is 31.1 Å². The van der Waals surface area contributed by atoms with Crippen LogP contribution in [0.25, 0.3) is 0 Å². The van der Waals surface area contributed by atoms with Gasteiger partial charge in [-0.2, -0.15) is 0 Å². The highest BCUT2D eigenvalue weighted by molar-refractivity contribution is 7.19. The number of thiazole rings is 1. The summed E-state index contributed by atoms with van der Waals surface area (Å²) in [5.74, 6) is 0.0660. The van der Waals surface area contributed by atoms with Crippen molar-refractivity contribution in [2.75, 3.05) is 36.5 Å². The Labute approximate surface area is 118 Å². The number of nitrogens with one attached hydrogen (secondary N) is 1. The highest BCUT2D eigenvalue weighted by atomic mass is 32.1. The maximum absolute atomic E-state index is 11.7. The lowest BCUT2D eigenvalue weighted by Crippen LogP contribution is -2.35. The summed E-state index contributed by atoms with van der Waals surface area (Å²) in [6.07, 6.45) is 5.60. The summed E-state index contributed by atoms with van der Waals surface area (Å²) >= 11 is 1.53. The molecule has 1 amide bonds. The zero-order valence-corrected chi connectivity index (χ0v) is 12.2. The smallest absolute Gasteiger partial charge is 0.226 e. The van der Waals surface area contributed by atoms with Crippen LogP contribution in [0.4, 0.5) is 10.1 Å². The number of hydrogen-bond acceptors (Lipinski definition) is 5. The summed E-state index contributed by atoms with van der Waals surface area (Å²) in [7, 11) is 0. The third-order valence-electron chi connectivity index (χ3n) is 3.07. The SMILES string of the molecule is CCCCCC(=O)Nc1ncc(N2CCOCC2)s1. The van der Waals surface area contributed by atoms with Crippen LogP contribution < -0.4 is 10.2 Å². The quantitative estimate of drug-likeness (QED) is 0.815. The molecule has 0 atom stereocenters. The summed E-state index contributed by atoms with van der Waals surface area (Å²) in [5.41, 5.74) is 0. The third kappa shape index (κ3) is 4.47. The van der Waals surface area contributed by atoms with Crippen molar-refractivity contribution in [2.24, 2.45) is 0 Å². The monoisotopic (exact) mass is 283 g/mol. The Hall–Kier alpha value is -1.14. The molecule has 0 aromatic carbocycles. The van der Waals surface area contributed by atoms with Gasteiger partial charge in [0.15, 0.2) is 5.13 Å². The average molecular weight is 283 g/mol. The van der Waals surface area contributed by atoms with Crippen LogP contribution in [0.3, 0.4) is 0 Å². The molecule has 1 aliphatic heterocycles. The number of carbonyl (C=O) groups is 1. The molecular formula is C13H21N3O2S. The standard InChI is InChI=1S/C13H21N3O2S/c1-2-3-4-5-11(17)15-13-14-10-12(19-13)16-6-8-18-9-7-16/h10H,2-9H2,1H3,(H,14,15,17). The van der Waals surface area contributed by atoms with Crippen molar-refractivity contribution in [3.63, 3.8) is 0 Å². The number of ether oxygens (including phenoxy) is 1. The van der Waals surface area contributed by atoms with E-state index in [0.717, 1.165) is 50.6 Å². The zero-order chi connectivity index (χ0) is 13.5. The van der Waals surface area contributed by atoms with Crippen molar-refractivity contribution < 1.29 is 9.53 Å².